The van der Waals surface area contributed by atoms with E-state index >= 15 is 0 Å². The van der Waals surface area contributed by atoms with Crippen molar-refractivity contribution in [2.75, 3.05) is 0 Å². The molecule has 6 heteroatoms. The number of hydrogen-bond acceptors (Lipinski definition) is 5. The third-order valence-electron chi connectivity index (χ3n) is 1.85. The fraction of sp³-hybridized carbons (Fsp3) is 0.182. The van der Waals surface area contributed by atoms with Gasteiger partial charge < -0.3 is 4.74 Å². The first-order chi connectivity index (χ1) is 7.99. The highest BCUT2D eigenvalue weighted by Crippen LogP contribution is 2.12. The van der Waals surface area contributed by atoms with Crippen LogP contribution < -0.4 is 0 Å². The predicted octanol–water partition coefficient (Wildman–Crippen LogP) is 1.43. The Morgan fingerprint density at radius 1 is 1.35 bits per heavy atom. The van der Waals surface area contributed by atoms with Crippen molar-refractivity contribution in [2.24, 2.45) is 0 Å². The van der Waals surface area contributed by atoms with Crippen LogP contribution in [0.1, 0.15) is 12.5 Å². The van der Waals surface area contributed by atoms with Crippen molar-refractivity contribution in [3.63, 3.8) is 0 Å². The van der Waals surface area contributed by atoms with Crippen LogP contribution in [0.4, 0.5) is 5.69 Å². The highest BCUT2D eigenvalue weighted by atomic mass is 16.6. The van der Waals surface area contributed by atoms with Crippen LogP contribution in [-0.2, 0) is 20.9 Å². The lowest BCUT2D eigenvalue weighted by atomic mass is 10.2. The third-order valence-corrected chi connectivity index (χ3v) is 1.85. The Morgan fingerprint density at radius 2 is 1.94 bits per heavy atom. The molecule has 0 spiro atoms. The second kappa shape index (κ2) is 5.74. The summed E-state index contributed by atoms with van der Waals surface area (Å²) in [6.45, 7) is 1.22. The zero-order chi connectivity index (χ0) is 12.8. The number of nitrogens with zero attached hydrogens (tertiary/aromatic N) is 1. The number of nitro groups is 1. The van der Waals surface area contributed by atoms with E-state index in [-0.39, 0.29) is 12.3 Å². The Labute approximate surface area is 97.3 Å². The van der Waals surface area contributed by atoms with Crippen molar-refractivity contribution in [3.8, 4) is 0 Å². The lowest BCUT2D eigenvalue weighted by molar-refractivity contribution is -0.384. The van der Waals surface area contributed by atoms with Crippen molar-refractivity contribution in [3.05, 3.63) is 46.4 Å². The molecule has 1 radical (unpaired) electrons. The van der Waals surface area contributed by atoms with E-state index in [0.717, 1.165) is 6.42 Å². The molecular weight excluding hydrogens is 226 g/mol. The molecule has 1 aromatic rings. The third kappa shape index (κ3) is 4.42. The van der Waals surface area contributed by atoms with E-state index in [1.807, 2.05) is 0 Å². The van der Waals surface area contributed by atoms with Crippen molar-refractivity contribution in [2.45, 2.75) is 13.5 Å². The van der Waals surface area contributed by atoms with Gasteiger partial charge >= 0.3 is 5.97 Å². The summed E-state index contributed by atoms with van der Waals surface area (Å²) < 4.78 is 4.75. The van der Waals surface area contributed by atoms with Crippen LogP contribution in [0.2, 0.25) is 0 Å². The van der Waals surface area contributed by atoms with E-state index in [1.54, 1.807) is 0 Å². The van der Waals surface area contributed by atoms with Crippen LogP contribution in [0, 0.1) is 16.5 Å². The van der Waals surface area contributed by atoms with Gasteiger partial charge in [0.15, 0.2) is 0 Å². The minimum absolute atomic E-state index is 0.0272. The molecule has 0 N–H and O–H groups in total. The second-order valence-electron chi connectivity index (χ2n) is 3.29. The molecule has 0 fully saturated rings. The van der Waals surface area contributed by atoms with Crippen LogP contribution in [0.3, 0.4) is 0 Å². The van der Waals surface area contributed by atoms with Gasteiger partial charge in [-0.2, -0.15) is 0 Å². The van der Waals surface area contributed by atoms with Crippen molar-refractivity contribution in [1.82, 2.24) is 0 Å². The van der Waals surface area contributed by atoms with Gasteiger partial charge in [-0.15, -0.1) is 0 Å². The van der Waals surface area contributed by atoms with Gasteiger partial charge in [-0.3, -0.25) is 19.7 Å². The van der Waals surface area contributed by atoms with Gasteiger partial charge in [-0.1, -0.05) is 0 Å². The monoisotopic (exact) mass is 236 g/mol. The van der Waals surface area contributed by atoms with Gasteiger partial charge in [0.1, 0.15) is 18.8 Å². The number of non-ortho nitro benzene ring substituents is 1. The van der Waals surface area contributed by atoms with E-state index in [0.29, 0.717) is 5.56 Å². The molecule has 0 heterocycles. The summed E-state index contributed by atoms with van der Waals surface area (Å²) in [5, 5.41) is 10.4. The SMILES string of the molecule is CC(=O)[CH]C(=O)OCc1ccc([N+](=O)[O-])cc1. The van der Waals surface area contributed by atoms with Crippen molar-refractivity contribution >= 4 is 17.4 Å². The van der Waals surface area contributed by atoms with E-state index in [2.05, 4.69) is 0 Å². The van der Waals surface area contributed by atoms with E-state index in [1.165, 1.54) is 31.2 Å². The molecular formula is C11H10NO5. The number of ketones is 1. The number of carbonyl (C=O) groups is 2. The Morgan fingerprint density at radius 3 is 2.41 bits per heavy atom. The van der Waals surface area contributed by atoms with Crippen LogP contribution in [0.5, 0.6) is 0 Å². The van der Waals surface area contributed by atoms with Gasteiger partial charge in [0.25, 0.3) is 5.69 Å². The molecule has 6 nitrogen and oxygen atoms in total. The summed E-state index contributed by atoms with van der Waals surface area (Å²) in [7, 11) is 0. The maximum absolute atomic E-state index is 11.0. The van der Waals surface area contributed by atoms with Crippen LogP contribution in [-0.4, -0.2) is 16.7 Å². The molecule has 1 rings (SSSR count). The summed E-state index contributed by atoms with van der Waals surface area (Å²) in [6.07, 6.45) is 0.839. The molecule has 0 aromatic heterocycles. The molecule has 0 saturated carbocycles. The van der Waals surface area contributed by atoms with Crippen molar-refractivity contribution in [1.29, 1.82) is 0 Å². The quantitative estimate of drug-likeness (QED) is 0.334. The molecule has 1 aromatic carbocycles. The molecule has 0 amide bonds. The maximum Gasteiger partial charge on any atom is 0.318 e. The first kappa shape index (κ1) is 12.8. The standard InChI is InChI=1S/C11H10NO5/c1-8(13)6-11(14)17-7-9-2-4-10(5-3-9)12(15)16/h2-6H,7H2,1H3. The molecule has 17 heavy (non-hydrogen) atoms. The van der Waals surface area contributed by atoms with E-state index < -0.39 is 16.7 Å². The summed E-state index contributed by atoms with van der Waals surface area (Å²) in [6, 6.07) is 5.61. The van der Waals surface area contributed by atoms with Gasteiger partial charge in [0.2, 0.25) is 0 Å². The predicted molar refractivity (Wildman–Crippen MR) is 57.9 cm³/mol. The summed E-state index contributed by atoms with van der Waals surface area (Å²) >= 11 is 0. The Bertz CT molecular complexity index is 438. The minimum Gasteiger partial charge on any atom is -0.460 e. The maximum atomic E-state index is 11.0. The molecule has 89 valence electrons. The Balaban J connectivity index is 2.50. The highest BCUT2D eigenvalue weighted by molar-refractivity contribution is 6.05. The Kier molecular flexibility index (Phi) is 4.33. The first-order valence-electron chi connectivity index (χ1n) is 4.74. The smallest absolute Gasteiger partial charge is 0.318 e. The number of rotatable bonds is 5. The van der Waals surface area contributed by atoms with Crippen LogP contribution in [0.15, 0.2) is 24.3 Å². The second-order valence-corrected chi connectivity index (χ2v) is 3.29. The Hall–Kier alpha value is -2.24. The highest BCUT2D eigenvalue weighted by Gasteiger charge is 2.08. The first-order valence-corrected chi connectivity index (χ1v) is 4.74. The van der Waals surface area contributed by atoms with Gasteiger partial charge in [-0.25, -0.2) is 0 Å². The molecule has 0 aliphatic carbocycles. The van der Waals surface area contributed by atoms with E-state index in [4.69, 9.17) is 4.74 Å². The van der Waals surface area contributed by atoms with Crippen LogP contribution in [0.25, 0.3) is 0 Å². The molecule has 0 bridgehead atoms. The number of benzene rings is 1. The number of Topliss-reactive ketones (excluding diaryl/α,β-unsaturated/α-hetero) is 1. The average molecular weight is 236 g/mol. The molecule has 0 aliphatic rings. The topological polar surface area (TPSA) is 86.5 Å². The number of esters is 1. The summed E-state index contributed by atoms with van der Waals surface area (Å²) in [5.41, 5.74) is 0.580. The summed E-state index contributed by atoms with van der Waals surface area (Å²) in [5.74, 6) is -1.12. The number of ether oxygens (including phenoxy) is 1. The lowest BCUT2D eigenvalue weighted by Crippen LogP contribution is -2.09. The number of hydrogen-bond donors (Lipinski definition) is 0. The molecule has 0 aliphatic heterocycles. The molecule has 0 saturated heterocycles. The average Bonchev–Trinajstić information content (AvgIpc) is 2.26. The fourth-order valence-corrected chi connectivity index (χ4v) is 1.08. The van der Waals surface area contributed by atoms with Gasteiger partial charge in [-0.05, 0) is 24.6 Å². The minimum atomic E-state index is -0.726. The van der Waals surface area contributed by atoms with Crippen molar-refractivity contribution < 1.29 is 19.2 Å². The number of carbonyl (C=O) groups excluding carboxylic acids is 2. The molecule has 0 unspecified atom stereocenters. The largest absolute Gasteiger partial charge is 0.460 e. The van der Waals surface area contributed by atoms with Gasteiger partial charge in [0, 0.05) is 12.1 Å². The van der Waals surface area contributed by atoms with Crippen LogP contribution >= 0.6 is 0 Å². The lowest BCUT2D eigenvalue weighted by Gasteiger charge is -2.02. The van der Waals surface area contributed by atoms with Gasteiger partial charge in [0.05, 0.1) is 4.92 Å². The molecule has 0 atom stereocenters. The summed E-state index contributed by atoms with van der Waals surface area (Å²) in [4.78, 5) is 31.4. The normalized spacial score (nSPS) is 9.71. The zero-order valence-corrected chi connectivity index (χ0v) is 9.08. The zero-order valence-electron chi connectivity index (χ0n) is 9.08. The number of nitro benzene ring substituents is 1. The fourth-order valence-electron chi connectivity index (χ4n) is 1.08. The van der Waals surface area contributed by atoms with E-state index in [9.17, 15) is 19.7 Å².